The zero-order chi connectivity index (χ0) is 12.6. The molecule has 1 aromatic heterocycles. The van der Waals surface area contributed by atoms with E-state index in [0.717, 1.165) is 29.5 Å². The number of aromatic nitrogens is 1. The molecule has 0 spiro atoms. The van der Waals surface area contributed by atoms with Gasteiger partial charge in [0, 0.05) is 23.5 Å². The summed E-state index contributed by atoms with van der Waals surface area (Å²) in [6, 6.07) is 12.5. The standard InChI is InChI=1S/C15H16BrNO/c16-15-9-14(10-17-11-15)12-18-8-4-7-13-5-2-1-3-6-13/h1-3,5-6,9-11H,4,7-8,12H2. The molecular formula is C15H16BrNO. The van der Waals surface area contributed by atoms with Gasteiger partial charge >= 0.3 is 0 Å². The lowest BCUT2D eigenvalue weighted by molar-refractivity contribution is 0.118. The zero-order valence-electron chi connectivity index (χ0n) is 10.2. The Kier molecular flexibility index (Phi) is 5.36. The highest BCUT2D eigenvalue weighted by Crippen LogP contribution is 2.10. The second kappa shape index (κ2) is 7.29. The smallest absolute Gasteiger partial charge is 0.0732 e. The molecule has 0 aliphatic rings. The molecule has 18 heavy (non-hydrogen) atoms. The fourth-order valence-electron chi connectivity index (χ4n) is 1.75. The van der Waals surface area contributed by atoms with Crippen molar-refractivity contribution in [2.24, 2.45) is 0 Å². The van der Waals surface area contributed by atoms with Crippen molar-refractivity contribution in [2.75, 3.05) is 6.61 Å². The van der Waals surface area contributed by atoms with Gasteiger partial charge in [-0.2, -0.15) is 0 Å². The van der Waals surface area contributed by atoms with Crippen LogP contribution in [0.5, 0.6) is 0 Å². The van der Waals surface area contributed by atoms with Crippen LogP contribution in [0.4, 0.5) is 0 Å². The van der Waals surface area contributed by atoms with Crippen LogP contribution < -0.4 is 0 Å². The summed E-state index contributed by atoms with van der Waals surface area (Å²) in [7, 11) is 0. The Morgan fingerprint density at radius 1 is 1.06 bits per heavy atom. The summed E-state index contributed by atoms with van der Waals surface area (Å²) in [4.78, 5) is 4.10. The van der Waals surface area contributed by atoms with E-state index in [2.05, 4.69) is 45.2 Å². The molecule has 0 aliphatic heterocycles. The average Bonchev–Trinajstić information content (AvgIpc) is 2.40. The largest absolute Gasteiger partial charge is 0.377 e. The molecule has 0 N–H and O–H groups in total. The lowest BCUT2D eigenvalue weighted by atomic mass is 10.1. The lowest BCUT2D eigenvalue weighted by Gasteiger charge is -2.04. The molecule has 0 saturated carbocycles. The average molecular weight is 306 g/mol. The minimum atomic E-state index is 0.626. The highest BCUT2D eigenvalue weighted by molar-refractivity contribution is 9.10. The van der Waals surface area contributed by atoms with Gasteiger partial charge in [-0.05, 0) is 46.0 Å². The summed E-state index contributed by atoms with van der Waals surface area (Å²) >= 11 is 3.40. The topological polar surface area (TPSA) is 22.1 Å². The lowest BCUT2D eigenvalue weighted by Crippen LogP contribution is -1.98. The zero-order valence-corrected chi connectivity index (χ0v) is 11.8. The molecule has 0 saturated heterocycles. The van der Waals surface area contributed by atoms with E-state index in [1.165, 1.54) is 5.56 Å². The molecule has 0 radical (unpaired) electrons. The number of halogens is 1. The van der Waals surface area contributed by atoms with E-state index in [1.54, 1.807) is 6.20 Å². The van der Waals surface area contributed by atoms with Gasteiger partial charge in [-0.25, -0.2) is 0 Å². The van der Waals surface area contributed by atoms with Crippen LogP contribution >= 0.6 is 15.9 Å². The van der Waals surface area contributed by atoms with Gasteiger partial charge in [0.05, 0.1) is 6.61 Å². The minimum Gasteiger partial charge on any atom is -0.377 e. The molecule has 0 atom stereocenters. The highest BCUT2D eigenvalue weighted by Gasteiger charge is 1.96. The molecule has 2 nitrogen and oxygen atoms in total. The van der Waals surface area contributed by atoms with E-state index in [0.29, 0.717) is 6.61 Å². The van der Waals surface area contributed by atoms with Crippen LogP contribution in [0.2, 0.25) is 0 Å². The Bertz CT molecular complexity index is 473. The fourth-order valence-corrected chi connectivity index (χ4v) is 2.16. The molecule has 0 fully saturated rings. The second-order valence-corrected chi connectivity index (χ2v) is 5.07. The normalized spacial score (nSPS) is 10.5. The van der Waals surface area contributed by atoms with Gasteiger partial charge in [0.2, 0.25) is 0 Å². The number of hydrogen-bond acceptors (Lipinski definition) is 2. The van der Waals surface area contributed by atoms with Gasteiger partial charge in [-0.1, -0.05) is 30.3 Å². The maximum Gasteiger partial charge on any atom is 0.0732 e. The van der Waals surface area contributed by atoms with E-state index in [1.807, 2.05) is 18.3 Å². The van der Waals surface area contributed by atoms with Gasteiger partial charge in [-0.15, -0.1) is 0 Å². The van der Waals surface area contributed by atoms with E-state index >= 15 is 0 Å². The summed E-state index contributed by atoms with van der Waals surface area (Å²) in [6.45, 7) is 1.41. The number of rotatable bonds is 6. The molecule has 2 aromatic rings. The molecule has 3 heteroatoms. The van der Waals surface area contributed by atoms with Crippen LogP contribution in [0.1, 0.15) is 17.5 Å². The first-order chi connectivity index (χ1) is 8.84. The van der Waals surface area contributed by atoms with E-state index in [9.17, 15) is 0 Å². The number of pyridine rings is 1. The van der Waals surface area contributed by atoms with Crippen molar-refractivity contribution in [1.29, 1.82) is 0 Å². The monoisotopic (exact) mass is 305 g/mol. The van der Waals surface area contributed by atoms with Crippen LogP contribution in [0.15, 0.2) is 53.3 Å². The Hall–Kier alpha value is -1.19. The molecule has 0 amide bonds. The summed E-state index contributed by atoms with van der Waals surface area (Å²) in [6.07, 6.45) is 5.73. The van der Waals surface area contributed by atoms with Crippen LogP contribution in [0, 0.1) is 0 Å². The van der Waals surface area contributed by atoms with Crippen molar-refractivity contribution in [2.45, 2.75) is 19.4 Å². The first-order valence-corrected chi connectivity index (χ1v) is 6.85. The molecular weight excluding hydrogens is 290 g/mol. The van der Waals surface area contributed by atoms with Crippen molar-refractivity contribution in [1.82, 2.24) is 4.98 Å². The van der Waals surface area contributed by atoms with Gasteiger partial charge in [0.25, 0.3) is 0 Å². The van der Waals surface area contributed by atoms with Gasteiger partial charge in [0.1, 0.15) is 0 Å². The Balaban J connectivity index is 1.65. The molecule has 2 rings (SSSR count). The van der Waals surface area contributed by atoms with Crippen molar-refractivity contribution in [3.8, 4) is 0 Å². The van der Waals surface area contributed by atoms with E-state index in [-0.39, 0.29) is 0 Å². The highest BCUT2D eigenvalue weighted by atomic mass is 79.9. The van der Waals surface area contributed by atoms with Crippen molar-refractivity contribution < 1.29 is 4.74 Å². The predicted molar refractivity (Wildman–Crippen MR) is 76.4 cm³/mol. The first kappa shape index (κ1) is 13.2. The SMILES string of the molecule is Brc1cncc(COCCCc2ccccc2)c1. The summed E-state index contributed by atoms with van der Waals surface area (Å²) in [5.41, 5.74) is 2.47. The first-order valence-electron chi connectivity index (χ1n) is 6.06. The summed E-state index contributed by atoms with van der Waals surface area (Å²) in [5, 5.41) is 0. The minimum absolute atomic E-state index is 0.626. The number of aryl methyl sites for hydroxylation is 1. The maximum atomic E-state index is 5.64. The molecule has 1 aromatic carbocycles. The number of benzene rings is 1. The van der Waals surface area contributed by atoms with Crippen molar-refractivity contribution >= 4 is 15.9 Å². The molecule has 94 valence electrons. The molecule has 0 unspecified atom stereocenters. The van der Waals surface area contributed by atoms with E-state index < -0.39 is 0 Å². The molecule has 0 aliphatic carbocycles. The number of hydrogen-bond donors (Lipinski definition) is 0. The van der Waals surface area contributed by atoms with Gasteiger partial charge < -0.3 is 4.74 Å². The third-order valence-electron chi connectivity index (χ3n) is 2.63. The van der Waals surface area contributed by atoms with Crippen LogP contribution in [0.25, 0.3) is 0 Å². The predicted octanol–water partition coefficient (Wildman–Crippen LogP) is 3.99. The molecule has 1 heterocycles. The number of nitrogens with zero attached hydrogens (tertiary/aromatic N) is 1. The maximum absolute atomic E-state index is 5.64. The Labute approximate surface area is 116 Å². The quantitative estimate of drug-likeness (QED) is 0.753. The van der Waals surface area contributed by atoms with Crippen LogP contribution in [-0.4, -0.2) is 11.6 Å². The van der Waals surface area contributed by atoms with Gasteiger partial charge in [-0.3, -0.25) is 4.98 Å². The summed E-state index contributed by atoms with van der Waals surface area (Å²) < 4.78 is 6.63. The van der Waals surface area contributed by atoms with Crippen LogP contribution in [-0.2, 0) is 17.8 Å². The van der Waals surface area contributed by atoms with Crippen LogP contribution in [0.3, 0.4) is 0 Å². The number of ether oxygens (including phenoxy) is 1. The third kappa shape index (κ3) is 4.59. The Morgan fingerprint density at radius 3 is 2.67 bits per heavy atom. The second-order valence-electron chi connectivity index (χ2n) is 4.15. The van der Waals surface area contributed by atoms with Gasteiger partial charge in [0.15, 0.2) is 0 Å². The summed E-state index contributed by atoms with van der Waals surface area (Å²) in [5.74, 6) is 0. The fraction of sp³-hybridized carbons (Fsp3) is 0.267. The van der Waals surface area contributed by atoms with Crippen molar-refractivity contribution in [3.05, 3.63) is 64.4 Å². The Morgan fingerprint density at radius 2 is 1.89 bits per heavy atom. The third-order valence-corrected chi connectivity index (χ3v) is 3.06. The van der Waals surface area contributed by atoms with E-state index in [4.69, 9.17) is 4.74 Å². The molecule has 0 bridgehead atoms. The van der Waals surface area contributed by atoms with Crippen molar-refractivity contribution in [3.63, 3.8) is 0 Å².